The highest BCUT2D eigenvalue weighted by molar-refractivity contribution is 5.27. The first-order valence-corrected chi connectivity index (χ1v) is 6.53. The first kappa shape index (κ1) is 15.2. The molecule has 0 fully saturated rings. The van der Waals surface area contributed by atoms with Crippen LogP contribution in [0.5, 0.6) is 0 Å². The highest BCUT2D eigenvalue weighted by Crippen LogP contribution is 2.22. The predicted octanol–water partition coefficient (Wildman–Crippen LogP) is 3.52. The van der Waals surface area contributed by atoms with Crippen LogP contribution in [0.4, 0.5) is 0 Å². The van der Waals surface area contributed by atoms with Gasteiger partial charge in [0.15, 0.2) is 0 Å². The molecular formula is C16H26O2. The van der Waals surface area contributed by atoms with Crippen molar-refractivity contribution in [3.05, 3.63) is 35.4 Å². The van der Waals surface area contributed by atoms with Gasteiger partial charge in [-0.05, 0) is 16.5 Å². The summed E-state index contributed by atoms with van der Waals surface area (Å²) in [5, 5.41) is 9.14. The minimum atomic E-state index is -0.161. The molecule has 0 saturated heterocycles. The van der Waals surface area contributed by atoms with E-state index in [0.29, 0.717) is 13.2 Å². The molecule has 1 aromatic carbocycles. The number of hydrogen-bond acceptors (Lipinski definition) is 2. The Balaban J connectivity index is 2.50. The van der Waals surface area contributed by atoms with Gasteiger partial charge in [-0.2, -0.15) is 0 Å². The Bertz CT molecular complexity index is 358. The van der Waals surface area contributed by atoms with E-state index in [2.05, 4.69) is 45.0 Å². The molecule has 0 heterocycles. The maximum Gasteiger partial charge on any atom is 0.0717 e. The van der Waals surface area contributed by atoms with Crippen LogP contribution in [0, 0.1) is 5.41 Å². The molecule has 0 aliphatic heterocycles. The van der Waals surface area contributed by atoms with Crippen molar-refractivity contribution in [3.8, 4) is 0 Å². The van der Waals surface area contributed by atoms with Crippen LogP contribution in [-0.4, -0.2) is 18.3 Å². The van der Waals surface area contributed by atoms with Crippen LogP contribution in [0.25, 0.3) is 0 Å². The minimum absolute atomic E-state index is 0.149. The SMILES string of the molecule is CC(C)(CO)COCc1ccc(C(C)(C)C)cc1. The van der Waals surface area contributed by atoms with Crippen molar-refractivity contribution in [1.29, 1.82) is 0 Å². The largest absolute Gasteiger partial charge is 0.396 e. The molecule has 0 bridgehead atoms. The molecule has 0 aromatic heterocycles. The molecule has 2 nitrogen and oxygen atoms in total. The van der Waals surface area contributed by atoms with Crippen molar-refractivity contribution in [2.45, 2.75) is 46.6 Å². The standard InChI is InChI=1S/C16H26O2/c1-15(2,3)14-8-6-13(7-9-14)10-18-12-16(4,5)11-17/h6-9,17H,10-12H2,1-5H3. The number of ether oxygens (including phenoxy) is 1. The lowest BCUT2D eigenvalue weighted by molar-refractivity contribution is 0.0197. The molecule has 0 atom stereocenters. The third-order valence-electron chi connectivity index (χ3n) is 3.01. The van der Waals surface area contributed by atoms with Crippen LogP contribution in [0.15, 0.2) is 24.3 Å². The Labute approximate surface area is 111 Å². The van der Waals surface area contributed by atoms with Crippen molar-refractivity contribution in [2.24, 2.45) is 5.41 Å². The van der Waals surface area contributed by atoms with Crippen molar-refractivity contribution in [1.82, 2.24) is 0 Å². The van der Waals surface area contributed by atoms with Crippen molar-refractivity contribution in [2.75, 3.05) is 13.2 Å². The summed E-state index contributed by atoms with van der Waals surface area (Å²) >= 11 is 0. The fourth-order valence-electron chi connectivity index (χ4n) is 1.59. The van der Waals surface area contributed by atoms with E-state index in [1.165, 1.54) is 11.1 Å². The second-order valence-electron chi connectivity index (χ2n) is 6.76. The van der Waals surface area contributed by atoms with Crippen LogP contribution < -0.4 is 0 Å². The topological polar surface area (TPSA) is 29.5 Å². The van der Waals surface area contributed by atoms with Gasteiger partial charge in [-0.1, -0.05) is 58.9 Å². The minimum Gasteiger partial charge on any atom is -0.396 e. The van der Waals surface area contributed by atoms with Gasteiger partial charge < -0.3 is 9.84 Å². The Morgan fingerprint density at radius 1 is 1.00 bits per heavy atom. The molecule has 2 heteroatoms. The normalized spacial score (nSPS) is 12.8. The average molecular weight is 250 g/mol. The number of rotatable bonds is 5. The van der Waals surface area contributed by atoms with E-state index < -0.39 is 0 Å². The predicted molar refractivity (Wildman–Crippen MR) is 75.7 cm³/mol. The first-order valence-electron chi connectivity index (χ1n) is 6.53. The molecule has 0 spiro atoms. The highest BCUT2D eigenvalue weighted by Gasteiger charge is 2.16. The van der Waals surface area contributed by atoms with Gasteiger partial charge in [-0.15, -0.1) is 0 Å². The fourth-order valence-corrected chi connectivity index (χ4v) is 1.59. The van der Waals surface area contributed by atoms with Gasteiger partial charge in [-0.25, -0.2) is 0 Å². The van der Waals surface area contributed by atoms with E-state index in [0.717, 1.165) is 0 Å². The lowest BCUT2D eigenvalue weighted by atomic mass is 9.87. The zero-order valence-electron chi connectivity index (χ0n) is 12.3. The summed E-state index contributed by atoms with van der Waals surface area (Å²) in [6.45, 7) is 12.0. The van der Waals surface area contributed by atoms with E-state index >= 15 is 0 Å². The summed E-state index contributed by atoms with van der Waals surface area (Å²) < 4.78 is 5.64. The second-order valence-corrected chi connectivity index (χ2v) is 6.76. The highest BCUT2D eigenvalue weighted by atomic mass is 16.5. The average Bonchev–Trinajstić information content (AvgIpc) is 2.28. The first-order chi connectivity index (χ1) is 8.24. The molecule has 0 aliphatic carbocycles. The molecule has 1 rings (SSSR count). The van der Waals surface area contributed by atoms with E-state index in [1.807, 2.05) is 13.8 Å². The summed E-state index contributed by atoms with van der Waals surface area (Å²) in [6.07, 6.45) is 0. The molecule has 0 radical (unpaired) electrons. The Morgan fingerprint density at radius 2 is 1.56 bits per heavy atom. The van der Waals surface area contributed by atoms with Crippen molar-refractivity contribution < 1.29 is 9.84 Å². The van der Waals surface area contributed by atoms with Gasteiger partial charge in [0.05, 0.1) is 19.8 Å². The maximum atomic E-state index is 9.14. The molecule has 18 heavy (non-hydrogen) atoms. The summed E-state index contributed by atoms with van der Waals surface area (Å²) in [5.74, 6) is 0. The van der Waals surface area contributed by atoms with Crippen molar-refractivity contribution >= 4 is 0 Å². The molecule has 0 saturated carbocycles. The van der Waals surface area contributed by atoms with Crippen LogP contribution in [0.1, 0.15) is 45.7 Å². The summed E-state index contributed by atoms with van der Waals surface area (Å²) in [6, 6.07) is 8.56. The number of hydrogen-bond donors (Lipinski definition) is 1. The molecule has 0 amide bonds. The van der Waals surface area contributed by atoms with Crippen LogP contribution in [0.3, 0.4) is 0 Å². The van der Waals surface area contributed by atoms with Crippen molar-refractivity contribution in [3.63, 3.8) is 0 Å². The number of aliphatic hydroxyl groups excluding tert-OH is 1. The molecule has 102 valence electrons. The number of aliphatic hydroxyl groups is 1. The van der Waals surface area contributed by atoms with E-state index in [-0.39, 0.29) is 17.4 Å². The van der Waals surface area contributed by atoms with Gasteiger partial charge >= 0.3 is 0 Å². The zero-order valence-corrected chi connectivity index (χ0v) is 12.3. The Hall–Kier alpha value is -0.860. The summed E-state index contributed by atoms with van der Waals surface area (Å²) in [5.41, 5.74) is 2.54. The summed E-state index contributed by atoms with van der Waals surface area (Å²) in [7, 11) is 0. The zero-order chi connectivity index (χ0) is 13.8. The van der Waals surface area contributed by atoms with Crippen LogP contribution >= 0.6 is 0 Å². The van der Waals surface area contributed by atoms with E-state index in [4.69, 9.17) is 9.84 Å². The smallest absolute Gasteiger partial charge is 0.0717 e. The van der Waals surface area contributed by atoms with Crippen LogP contribution in [0.2, 0.25) is 0 Å². The van der Waals surface area contributed by atoms with E-state index in [9.17, 15) is 0 Å². The fraction of sp³-hybridized carbons (Fsp3) is 0.625. The molecule has 1 N–H and O–H groups in total. The van der Waals surface area contributed by atoms with Crippen LogP contribution in [-0.2, 0) is 16.8 Å². The third kappa shape index (κ3) is 4.79. The Kier molecular flexibility index (Phi) is 4.94. The van der Waals surface area contributed by atoms with Gasteiger partial charge in [-0.3, -0.25) is 0 Å². The molecule has 1 aromatic rings. The third-order valence-corrected chi connectivity index (χ3v) is 3.01. The maximum absolute atomic E-state index is 9.14. The quantitative estimate of drug-likeness (QED) is 0.866. The molecule has 0 aliphatic rings. The Morgan fingerprint density at radius 3 is 2.00 bits per heavy atom. The molecule has 0 unspecified atom stereocenters. The van der Waals surface area contributed by atoms with Gasteiger partial charge in [0.25, 0.3) is 0 Å². The van der Waals surface area contributed by atoms with Gasteiger partial charge in [0.2, 0.25) is 0 Å². The summed E-state index contributed by atoms with van der Waals surface area (Å²) in [4.78, 5) is 0. The number of benzene rings is 1. The second kappa shape index (κ2) is 5.85. The van der Waals surface area contributed by atoms with Gasteiger partial charge in [0.1, 0.15) is 0 Å². The lowest BCUT2D eigenvalue weighted by Crippen LogP contribution is -2.23. The van der Waals surface area contributed by atoms with E-state index in [1.54, 1.807) is 0 Å². The monoisotopic (exact) mass is 250 g/mol. The molecular weight excluding hydrogens is 224 g/mol. The van der Waals surface area contributed by atoms with Gasteiger partial charge in [0, 0.05) is 5.41 Å². The lowest BCUT2D eigenvalue weighted by Gasteiger charge is -2.22.